The van der Waals surface area contributed by atoms with Gasteiger partial charge in [-0.3, -0.25) is 14.2 Å². The van der Waals surface area contributed by atoms with Gasteiger partial charge in [-0.15, -0.1) is 0 Å². The number of ether oxygens (including phenoxy) is 2. The minimum absolute atomic E-state index is 0.0365. The molecule has 0 heterocycles. The molecule has 0 aliphatic carbocycles. The zero-order valence-electron chi connectivity index (χ0n) is 35.9. The van der Waals surface area contributed by atoms with Crippen LogP contribution in [0, 0.1) is 0 Å². The molecule has 0 aromatic rings. The molecule has 0 fully saturated rings. The molecule has 2 atom stereocenters. The summed E-state index contributed by atoms with van der Waals surface area (Å²) in [7, 11) is 1.14. The van der Waals surface area contributed by atoms with Crippen LogP contribution in [0.15, 0.2) is 48.6 Å². The number of esters is 2. The van der Waals surface area contributed by atoms with Gasteiger partial charge in [0.1, 0.15) is 19.8 Å². The van der Waals surface area contributed by atoms with E-state index in [1.54, 1.807) is 0 Å². The number of unbranched alkanes of at least 4 members (excludes halogenated alkanes) is 17. The van der Waals surface area contributed by atoms with Gasteiger partial charge in [-0.25, -0.2) is 0 Å². The molecule has 10 heteroatoms. The van der Waals surface area contributed by atoms with Gasteiger partial charge in [-0.1, -0.05) is 140 Å². The zero-order chi connectivity index (χ0) is 40.7. The molecular weight excluding hydrogens is 713 g/mol. The lowest BCUT2D eigenvalue weighted by molar-refractivity contribution is -0.870. The van der Waals surface area contributed by atoms with Crippen LogP contribution in [-0.2, 0) is 32.7 Å². The van der Waals surface area contributed by atoms with Crippen LogP contribution in [0.5, 0.6) is 0 Å². The molecule has 0 aliphatic heterocycles. The van der Waals surface area contributed by atoms with E-state index < -0.39 is 32.5 Å². The van der Waals surface area contributed by atoms with Crippen LogP contribution in [0.1, 0.15) is 174 Å². The van der Waals surface area contributed by atoms with Gasteiger partial charge in [0.15, 0.2) is 6.10 Å². The summed E-state index contributed by atoms with van der Waals surface area (Å²) >= 11 is 0. The molecule has 1 unspecified atom stereocenters. The first-order chi connectivity index (χ1) is 26.5. The molecule has 0 N–H and O–H groups in total. The van der Waals surface area contributed by atoms with Gasteiger partial charge >= 0.3 is 11.9 Å². The van der Waals surface area contributed by atoms with E-state index in [4.69, 9.17) is 18.5 Å². The maximum Gasteiger partial charge on any atom is 0.306 e. The second-order valence-electron chi connectivity index (χ2n) is 15.7. The normalized spacial score (nSPS) is 14.1. The Kier molecular flexibility index (Phi) is 36.2. The predicted molar refractivity (Wildman–Crippen MR) is 227 cm³/mol. The number of allylic oxidation sites excluding steroid dienone is 8. The standard InChI is InChI=1S/C45H82NO8P/c1-6-8-10-12-14-16-18-20-22-23-24-26-27-29-31-33-35-37-44(47)51-41-43(42-53-55(49,50)52-40-39-46(3,4)5)54-45(48)38-36-34-32-30-28-25-21-19-17-15-13-11-9-7-2/h13-16,19-22,43H,6-12,17-18,23-42H2,1-5H3/b15-13+,16-14+,21-19+,22-20+/t43-/m1/s1. The number of likely N-dealkylation sites (N-methyl/N-ethyl adjacent to an activating group) is 1. The molecule has 0 aromatic heterocycles. The molecule has 0 aliphatic rings. The largest absolute Gasteiger partial charge is 0.756 e. The fourth-order valence-electron chi connectivity index (χ4n) is 5.58. The number of phosphoric ester groups is 1. The summed E-state index contributed by atoms with van der Waals surface area (Å²) in [4.78, 5) is 37.5. The highest BCUT2D eigenvalue weighted by Crippen LogP contribution is 2.38. The molecule has 55 heavy (non-hydrogen) atoms. The first-order valence-corrected chi connectivity index (χ1v) is 23.3. The fourth-order valence-corrected chi connectivity index (χ4v) is 6.31. The maximum absolute atomic E-state index is 12.7. The van der Waals surface area contributed by atoms with Crippen molar-refractivity contribution in [2.75, 3.05) is 47.5 Å². The van der Waals surface area contributed by atoms with Crippen LogP contribution in [0.4, 0.5) is 0 Å². The lowest BCUT2D eigenvalue weighted by atomic mass is 10.1. The van der Waals surface area contributed by atoms with Gasteiger partial charge < -0.3 is 27.9 Å². The third-order valence-electron chi connectivity index (χ3n) is 9.07. The van der Waals surface area contributed by atoms with Gasteiger partial charge in [0.05, 0.1) is 27.7 Å². The first kappa shape index (κ1) is 53.0. The molecule has 0 aromatic carbocycles. The molecule has 0 rings (SSSR count). The molecular formula is C45H82NO8P. The van der Waals surface area contributed by atoms with Crippen molar-refractivity contribution in [3.63, 3.8) is 0 Å². The van der Waals surface area contributed by atoms with E-state index in [1.807, 2.05) is 21.1 Å². The molecule has 0 amide bonds. The van der Waals surface area contributed by atoms with Gasteiger partial charge in [0.25, 0.3) is 7.82 Å². The summed E-state index contributed by atoms with van der Waals surface area (Å²) in [5.41, 5.74) is 0. The maximum atomic E-state index is 12.7. The van der Waals surface area contributed by atoms with E-state index in [2.05, 4.69) is 62.5 Å². The Bertz CT molecular complexity index is 1080. The Labute approximate surface area is 337 Å². The quantitative estimate of drug-likeness (QED) is 0.0199. The van der Waals surface area contributed by atoms with Crippen LogP contribution in [0.25, 0.3) is 0 Å². The number of hydrogen-bond donors (Lipinski definition) is 0. The van der Waals surface area contributed by atoms with E-state index in [-0.39, 0.29) is 26.1 Å². The third kappa shape index (κ3) is 41.4. The minimum atomic E-state index is -4.63. The molecule has 0 saturated heterocycles. The Morgan fingerprint density at radius 2 is 1.00 bits per heavy atom. The first-order valence-electron chi connectivity index (χ1n) is 21.8. The molecule has 0 radical (unpaired) electrons. The molecule has 0 spiro atoms. The van der Waals surface area contributed by atoms with E-state index in [0.29, 0.717) is 17.4 Å². The molecule has 0 saturated carbocycles. The number of rotatable bonds is 39. The second kappa shape index (κ2) is 37.5. The summed E-state index contributed by atoms with van der Waals surface area (Å²) in [5, 5.41) is 0. The summed E-state index contributed by atoms with van der Waals surface area (Å²) < 4.78 is 33.9. The predicted octanol–water partition coefficient (Wildman–Crippen LogP) is 11.7. The average molecular weight is 796 g/mol. The van der Waals surface area contributed by atoms with Crippen LogP contribution in [0.3, 0.4) is 0 Å². The Hall–Kier alpha value is -2.03. The van der Waals surface area contributed by atoms with Crippen molar-refractivity contribution in [2.24, 2.45) is 0 Å². The van der Waals surface area contributed by atoms with E-state index in [0.717, 1.165) is 83.5 Å². The second-order valence-corrected chi connectivity index (χ2v) is 17.1. The van der Waals surface area contributed by atoms with Gasteiger partial charge in [-0.2, -0.15) is 0 Å². The number of carbonyl (C=O) groups is 2. The third-order valence-corrected chi connectivity index (χ3v) is 10.0. The van der Waals surface area contributed by atoms with E-state index in [1.165, 1.54) is 57.8 Å². The lowest BCUT2D eigenvalue weighted by Crippen LogP contribution is -2.37. The number of phosphoric acid groups is 1. The SMILES string of the molecule is CCCC/C=C/C/C=C/CCCCCCCC(=O)O[C@H](COC(=O)CCCCCCCCC/C=C/C/C=C/CCCCC)COP(=O)([O-])OCC[N+](C)(C)C. The van der Waals surface area contributed by atoms with Crippen LogP contribution in [0.2, 0.25) is 0 Å². The smallest absolute Gasteiger partial charge is 0.306 e. The van der Waals surface area contributed by atoms with Crippen molar-refractivity contribution >= 4 is 19.8 Å². The van der Waals surface area contributed by atoms with Gasteiger partial charge in [-0.05, 0) is 70.6 Å². The Morgan fingerprint density at radius 1 is 0.564 bits per heavy atom. The van der Waals surface area contributed by atoms with Crippen LogP contribution >= 0.6 is 7.82 Å². The number of quaternary nitrogens is 1. The van der Waals surface area contributed by atoms with E-state index >= 15 is 0 Å². The highest BCUT2D eigenvalue weighted by Gasteiger charge is 2.21. The summed E-state index contributed by atoms with van der Waals surface area (Å²) in [6.45, 7) is 4.13. The number of nitrogens with zero attached hydrogens (tertiary/aromatic N) is 1. The Balaban J connectivity index is 4.39. The van der Waals surface area contributed by atoms with Crippen molar-refractivity contribution < 1.29 is 42.1 Å². The molecule has 0 bridgehead atoms. The van der Waals surface area contributed by atoms with Crippen LogP contribution in [-0.4, -0.2) is 70.0 Å². The summed E-state index contributed by atoms with van der Waals surface area (Å²) in [5.74, 6) is -0.862. The molecule has 9 nitrogen and oxygen atoms in total. The van der Waals surface area contributed by atoms with Crippen molar-refractivity contribution in [3.8, 4) is 0 Å². The highest BCUT2D eigenvalue weighted by molar-refractivity contribution is 7.45. The van der Waals surface area contributed by atoms with E-state index in [9.17, 15) is 19.0 Å². The zero-order valence-corrected chi connectivity index (χ0v) is 36.8. The van der Waals surface area contributed by atoms with Crippen molar-refractivity contribution in [2.45, 2.75) is 180 Å². The summed E-state index contributed by atoms with van der Waals surface area (Å²) in [6.07, 6.45) is 42.7. The number of hydrogen-bond acceptors (Lipinski definition) is 8. The average Bonchev–Trinajstić information content (AvgIpc) is 3.13. The highest BCUT2D eigenvalue weighted by atomic mass is 31.2. The van der Waals surface area contributed by atoms with Gasteiger partial charge in [0, 0.05) is 12.8 Å². The summed E-state index contributed by atoms with van der Waals surface area (Å²) in [6, 6.07) is 0. The van der Waals surface area contributed by atoms with Crippen molar-refractivity contribution in [3.05, 3.63) is 48.6 Å². The van der Waals surface area contributed by atoms with Crippen molar-refractivity contribution in [1.29, 1.82) is 0 Å². The van der Waals surface area contributed by atoms with Crippen molar-refractivity contribution in [1.82, 2.24) is 0 Å². The number of carbonyl (C=O) groups excluding carboxylic acids is 2. The monoisotopic (exact) mass is 796 g/mol. The topological polar surface area (TPSA) is 111 Å². The van der Waals surface area contributed by atoms with Gasteiger partial charge in [0.2, 0.25) is 0 Å². The molecule has 320 valence electrons. The lowest BCUT2D eigenvalue weighted by Gasteiger charge is -2.28. The fraction of sp³-hybridized carbons (Fsp3) is 0.778. The van der Waals surface area contributed by atoms with Crippen LogP contribution < -0.4 is 4.89 Å². The minimum Gasteiger partial charge on any atom is -0.756 e. The Morgan fingerprint density at radius 3 is 1.49 bits per heavy atom.